The lowest BCUT2D eigenvalue weighted by atomic mass is 10.3. The summed E-state index contributed by atoms with van der Waals surface area (Å²) in [5.41, 5.74) is 1.70. The van der Waals surface area contributed by atoms with Gasteiger partial charge in [0.2, 0.25) is 6.79 Å². The normalized spacial score (nSPS) is 14.0. The van der Waals surface area contributed by atoms with E-state index in [0.29, 0.717) is 5.75 Å². The Kier molecular flexibility index (Phi) is 0.935. The number of ether oxygens (including phenoxy) is 2. The highest BCUT2D eigenvalue weighted by molar-refractivity contribution is 5.84. The van der Waals surface area contributed by atoms with Gasteiger partial charge in [0.25, 0.3) is 0 Å². The fraction of sp³-hybridized carbons (Fsp3) is 0.125. The van der Waals surface area contributed by atoms with Crippen LogP contribution in [0.1, 0.15) is 0 Å². The van der Waals surface area contributed by atoms with Crippen LogP contribution in [0.2, 0.25) is 0 Å². The van der Waals surface area contributed by atoms with E-state index < -0.39 is 0 Å². The maximum absolute atomic E-state index is 5.25. The fourth-order valence-electron chi connectivity index (χ4n) is 1.31. The number of hydrogen-bond acceptors (Lipinski definition) is 3. The zero-order chi connectivity index (χ0) is 7.97. The second-order valence-corrected chi connectivity index (χ2v) is 2.54. The molecule has 59 valence electrons. The molecule has 2 aromatic rings. The molecule has 1 aromatic carbocycles. The minimum Gasteiger partial charge on any atom is -0.454 e. The van der Waals surface area contributed by atoms with E-state index in [-0.39, 0.29) is 6.79 Å². The number of nitrogens with one attached hydrogen (secondary N) is 1. The lowest BCUT2D eigenvalue weighted by Crippen LogP contribution is -1.93. The van der Waals surface area contributed by atoms with Gasteiger partial charge in [0, 0.05) is 0 Å². The van der Waals surface area contributed by atoms with Gasteiger partial charge in [-0.15, -0.1) is 0 Å². The molecule has 3 rings (SSSR count). The number of fused-ring (bicyclic) bond motifs is 3. The average molecular weight is 161 g/mol. The third-order valence-electron chi connectivity index (χ3n) is 1.87. The van der Waals surface area contributed by atoms with E-state index in [4.69, 9.17) is 9.47 Å². The van der Waals surface area contributed by atoms with Gasteiger partial charge < -0.3 is 14.5 Å². The highest BCUT2D eigenvalue weighted by Crippen LogP contribution is 2.37. The van der Waals surface area contributed by atoms with Gasteiger partial charge in [-0.05, 0) is 12.1 Å². The first kappa shape index (κ1) is 5.88. The summed E-state index contributed by atoms with van der Waals surface area (Å²) in [6.45, 7) is 0.279. The zero-order valence-electron chi connectivity index (χ0n) is 6.13. The Balaban J connectivity index is 2.46. The van der Waals surface area contributed by atoms with Crippen LogP contribution in [0.5, 0.6) is 11.5 Å². The number of benzene rings is 1. The molecular formula is C8H5N2O2. The summed E-state index contributed by atoms with van der Waals surface area (Å²) in [6.07, 6.45) is 2.66. The van der Waals surface area contributed by atoms with E-state index >= 15 is 0 Å². The molecule has 12 heavy (non-hydrogen) atoms. The first-order chi connectivity index (χ1) is 5.95. The topological polar surface area (TPSA) is 47.1 Å². The summed E-state index contributed by atoms with van der Waals surface area (Å²) in [7, 11) is 0. The van der Waals surface area contributed by atoms with Crippen molar-refractivity contribution in [3.63, 3.8) is 0 Å². The molecule has 0 aliphatic carbocycles. The number of hydrogen-bond donors (Lipinski definition) is 1. The SMILES string of the molecule is [c]1nc2c3c(ccc2[nH]1)OCO3. The first-order valence-electron chi connectivity index (χ1n) is 3.59. The van der Waals surface area contributed by atoms with Crippen LogP contribution in [0.3, 0.4) is 0 Å². The van der Waals surface area contributed by atoms with E-state index in [0.717, 1.165) is 16.8 Å². The lowest BCUT2D eigenvalue weighted by molar-refractivity contribution is 0.174. The lowest BCUT2D eigenvalue weighted by Gasteiger charge is -1.94. The Morgan fingerprint density at radius 3 is 3.42 bits per heavy atom. The Morgan fingerprint density at radius 2 is 2.42 bits per heavy atom. The van der Waals surface area contributed by atoms with Crippen LogP contribution in [-0.2, 0) is 0 Å². The van der Waals surface area contributed by atoms with Crippen LogP contribution >= 0.6 is 0 Å². The van der Waals surface area contributed by atoms with E-state index in [1.54, 1.807) is 0 Å². The minimum atomic E-state index is 0.279. The van der Waals surface area contributed by atoms with Crippen LogP contribution in [0, 0.1) is 6.33 Å². The standard InChI is InChI=1S/C8H5N2O2/c1-2-6-8(12-4-11-6)7-5(1)9-3-10-7/h1-2H,4H2,(H,9,10). The van der Waals surface area contributed by atoms with Crippen molar-refractivity contribution in [2.75, 3.05) is 6.79 Å². The van der Waals surface area contributed by atoms with Crippen LogP contribution in [0.15, 0.2) is 12.1 Å². The van der Waals surface area contributed by atoms with Crippen molar-refractivity contribution in [2.45, 2.75) is 0 Å². The van der Waals surface area contributed by atoms with Crippen molar-refractivity contribution >= 4 is 11.0 Å². The van der Waals surface area contributed by atoms with Crippen molar-refractivity contribution < 1.29 is 9.47 Å². The predicted molar refractivity (Wildman–Crippen MR) is 41.1 cm³/mol. The molecule has 0 amide bonds. The summed E-state index contributed by atoms with van der Waals surface area (Å²) in [4.78, 5) is 6.88. The molecular weight excluding hydrogens is 156 g/mol. The monoisotopic (exact) mass is 161 g/mol. The number of aromatic nitrogens is 2. The van der Waals surface area contributed by atoms with Crippen molar-refractivity contribution in [2.24, 2.45) is 0 Å². The molecule has 2 heterocycles. The average Bonchev–Trinajstić information content (AvgIpc) is 2.71. The summed E-state index contributed by atoms with van der Waals surface area (Å²) in [5.74, 6) is 1.47. The summed E-state index contributed by atoms with van der Waals surface area (Å²) >= 11 is 0. The summed E-state index contributed by atoms with van der Waals surface area (Å²) in [5, 5.41) is 0. The van der Waals surface area contributed by atoms with Crippen molar-refractivity contribution in [1.82, 2.24) is 9.97 Å². The van der Waals surface area contributed by atoms with Gasteiger partial charge >= 0.3 is 0 Å². The third kappa shape index (κ3) is 0.592. The van der Waals surface area contributed by atoms with Crippen LogP contribution in [0.4, 0.5) is 0 Å². The molecule has 1 N–H and O–H groups in total. The van der Waals surface area contributed by atoms with Crippen molar-refractivity contribution in [3.8, 4) is 11.5 Å². The number of rotatable bonds is 0. The highest BCUT2D eigenvalue weighted by Gasteiger charge is 2.17. The molecule has 0 atom stereocenters. The van der Waals surface area contributed by atoms with Gasteiger partial charge in [-0.3, -0.25) is 0 Å². The Hall–Kier alpha value is -1.71. The molecule has 0 unspecified atom stereocenters. The van der Waals surface area contributed by atoms with Crippen molar-refractivity contribution in [1.29, 1.82) is 0 Å². The van der Waals surface area contributed by atoms with Gasteiger partial charge in [-0.1, -0.05) is 0 Å². The highest BCUT2D eigenvalue weighted by atomic mass is 16.7. The summed E-state index contributed by atoms with van der Waals surface area (Å²) < 4.78 is 10.4. The maximum atomic E-state index is 5.25. The molecule has 0 bridgehead atoms. The minimum absolute atomic E-state index is 0.279. The smallest absolute Gasteiger partial charge is 0.231 e. The van der Waals surface area contributed by atoms with E-state index in [1.807, 2.05) is 12.1 Å². The fourth-order valence-corrected chi connectivity index (χ4v) is 1.31. The van der Waals surface area contributed by atoms with Gasteiger partial charge in [-0.2, -0.15) is 0 Å². The van der Waals surface area contributed by atoms with Gasteiger partial charge in [-0.25, -0.2) is 4.98 Å². The molecule has 1 aromatic heterocycles. The Morgan fingerprint density at radius 1 is 1.42 bits per heavy atom. The Labute approximate surface area is 68.1 Å². The van der Waals surface area contributed by atoms with Gasteiger partial charge in [0.15, 0.2) is 17.8 Å². The van der Waals surface area contributed by atoms with E-state index in [9.17, 15) is 0 Å². The van der Waals surface area contributed by atoms with Gasteiger partial charge in [0.1, 0.15) is 5.52 Å². The quantitative estimate of drug-likeness (QED) is 0.629. The summed E-state index contributed by atoms with van der Waals surface area (Å²) in [6, 6.07) is 3.75. The molecule has 4 heteroatoms. The molecule has 0 saturated heterocycles. The van der Waals surface area contributed by atoms with Crippen LogP contribution in [0.25, 0.3) is 11.0 Å². The number of nitrogens with zero attached hydrogens (tertiary/aromatic N) is 1. The number of H-pyrrole nitrogens is 1. The van der Waals surface area contributed by atoms with E-state index in [1.165, 1.54) is 0 Å². The van der Waals surface area contributed by atoms with Crippen LogP contribution in [-0.4, -0.2) is 16.8 Å². The molecule has 1 radical (unpaired) electrons. The molecule has 0 saturated carbocycles. The van der Waals surface area contributed by atoms with Gasteiger partial charge in [0.05, 0.1) is 5.52 Å². The Bertz CT molecular complexity index is 436. The maximum Gasteiger partial charge on any atom is 0.231 e. The van der Waals surface area contributed by atoms with Crippen molar-refractivity contribution in [3.05, 3.63) is 18.5 Å². The number of imidazole rings is 1. The zero-order valence-corrected chi connectivity index (χ0v) is 6.13. The second-order valence-electron chi connectivity index (χ2n) is 2.54. The molecule has 1 aliphatic rings. The molecule has 0 spiro atoms. The number of aromatic amines is 1. The first-order valence-corrected chi connectivity index (χ1v) is 3.59. The predicted octanol–water partition coefficient (Wildman–Crippen LogP) is 1.09. The van der Waals surface area contributed by atoms with E-state index in [2.05, 4.69) is 16.3 Å². The molecule has 4 nitrogen and oxygen atoms in total. The third-order valence-corrected chi connectivity index (χ3v) is 1.87. The second kappa shape index (κ2) is 1.91. The largest absolute Gasteiger partial charge is 0.454 e. The van der Waals surface area contributed by atoms with Crippen LogP contribution < -0.4 is 9.47 Å². The molecule has 1 aliphatic heterocycles. The molecule has 0 fully saturated rings.